The summed E-state index contributed by atoms with van der Waals surface area (Å²) < 4.78 is 0. The summed E-state index contributed by atoms with van der Waals surface area (Å²) in [6, 6.07) is 0. The number of unbranched alkanes of at least 4 members (excludes halogenated alkanes) is 2. The molecule has 0 aromatic rings. The van der Waals surface area contributed by atoms with Gasteiger partial charge in [0.05, 0.1) is 0 Å². The molecule has 0 saturated heterocycles. The Balaban J connectivity index is 0. The van der Waals surface area contributed by atoms with E-state index in [4.69, 9.17) is 5.11 Å². The molecule has 0 aromatic heterocycles. The van der Waals surface area contributed by atoms with Crippen molar-refractivity contribution in [3.8, 4) is 0 Å². The summed E-state index contributed by atoms with van der Waals surface area (Å²) in [6.45, 7) is 2.10. The number of carbonyl (C=O) groups is 1. The Morgan fingerprint density at radius 1 is 1.55 bits per heavy atom. The van der Waals surface area contributed by atoms with Crippen LogP contribution in [0.5, 0.6) is 0 Å². The second-order valence-corrected chi connectivity index (χ2v) is 3.41. The molecule has 0 amide bonds. The molecular weight excluding hydrogens is 219 g/mol. The molecule has 11 heavy (non-hydrogen) atoms. The fourth-order valence-corrected chi connectivity index (χ4v) is 1.02. The van der Waals surface area contributed by atoms with E-state index in [1.165, 1.54) is 0 Å². The summed E-state index contributed by atoms with van der Waals surface area (Å²) in [5.41, 5.74) is 0. The zero-order chi connectivity index (χ0) is 7.98. The van der Waals surface area contributed by atoms with Crippen LogP contribution in [-0.2, 0) is 4.79 Å². The van der Waals surface area contributed by atoms with Crippen molar-refractivity contribution in [2.24, 2.45) is 0 Å². The van der Waals surface area contributed by atoms with Crippen LogP contribution in [-0.4, -0.2) is 45.5 Å². The third-order valence-corrected chi connectivity index (χ3v) is 2.18. The molecule has 0 rings (SSSR count). The minimum absolute atomic E-state index is 0. The molecular formula is C7H14BrNaO2. The first-order valence-electron chi connectivity index (χ1n) is 3.55. The van der Waals surface area contributed by atoms with E-state index < -0.39 is 5.97 Å². The number of halogens is 1. The zero-order valence-electron chi connectivity index (χ0n) is 6.14. The van der Waals surface area contributed by atoms with Crippen LogP contribution in [0.25, 0.3) is 0 Å². The molecule has 0 radical (unpaired) electrons. The van der Waals surface area contributed by atoms with Gasteiger partial charge in [0.2, 0.25) is 0 Å². The molecule has 0 spiro atoms. The van der Waals surface area contributed by atoms with Gasteiger partial charge >= 0.3 is 35.5 Å². The first kappa shape index (κ1) is 14.5. The average Bonchev–Trinajstić information content (AvgIpc) is 1.88. The standard InChI is InChI=1S/C7H13BrO2.Na.H/c1-2-3-4-5-6(8)7(9)10;;/h6H,2-5H2,1H3,(H,9,10);;. The molecule has 0 aliphatic carbocycles. The van der Waals surface area contributed by atoms with Gasteiger partial charge in [-0.05, 0) is 6.42 Å². The number of hydrogen-bond donors (Lipinski definition) is 1. The van der Waals surface area contributed by atoms with Crippen LogP contribution in [0.1, 0.15) is 32.6 Å². The minimum atomic E-state index is -0.754. The third-order valence-electron chi connectivity index (χ3n) is 1.33. The van der Waals surface area contributed by atoms with Crippen LogP contribution in [0.4, 0.5) is 0 Å². The molecule has 0 saturated carbocycles. The third kappa shape index (κ3) is 8.86. The van der Waals surface area contributed by atoms with Crippen molar-refractivity contribution < 1.29 is 9.90 Å². The van der Waals surface area contributed by atoms with E-state index in [9.17, 15) is 4.79 Å². The van der Waals surface area contributed by atoms with Crippen molar-refractivity contribution in [2.45, 2.75) is 37.4 Å². The van der Waals surface area contributed by atoms with Gasteiger partial charge in [-0.1, -0.05) is 42.1 Å². The molecule has 0 aliphatic heterocycles. The number of hydrogen-bond acceptors (Lipinski definition) is 1. The van der Waals surface area contributed by atoms with E-state index in [-0.39, 0.29) is 34.4 Å². The Labute approximate surface area is 98.2 Å². The van der Waals surface area contributed by atoms with E-state index in [0.29, 0.717) is 0 Å². The first-order chi connectivity index (χ1) is 4.68. The van der Waals surface area contributed by atoms with Crippen LogP contribution >= 0.6 is 15.9 Å². The number of aliphatic carboxylic acids is 1. The second-order valence-electron chi connectivity index (χ2n) is 2.30. The molecule has 2 nitrogen and oxygen atoms in total. The second kappa shape index (κ2) is 9.04. The van der Waals surface area contributed by atoms with E-state index in [1.54, 1.807) is 0 Å². The van der Waals surface area contributed by atoms with Gasteiger partial charge in [-0.25, -0.2) is 0 Å². The first-order valence-corrected chi connectivity index (χ1v) is 4.47. The van der Waals surface area contributed by atoms with Crippen molar-refractivity contribution in [1.29, 1.82) is 0 Å². The Morgan fingerprint density at radius 3 is 2.45 bits per heavy atom. The fraction of sp³-hybridized carbons (Fsp3) is 0.857. The quantitative estimate of drug-likeness (QED) is 0.446. The summed E-state index contributed by atoms with van der Waals surface area (Å²) >= 11 is 3.07. The molecule has 0 heterocycles. The molecule has 1 unspecified atom stereocenters. The molecule has 1 N–H and O–H groups in total. The van der Waals surface area contributed by atoms with Gasteiger partial charge < -0.3 is 5.11 Å². The van der Waals surface area contributed by atoms with Crippen LogP contribution < -0.4 is 0 Å². The normalized spacial score (nSPS) is 11.8. The van der Waals surface area contributed by atoms with Crippen molar-refractivity contribution in [3.63, 3.8) is 0 Å². The van der Waals surface area contributed by atoms with E-state index in [0.717, 1.165) is 25.7 Å². The van der Waals surface area contributed by atoms with Crippen molar-refractivity contribution in [3.05, 3.63) is 0 Å². The topological polar surface area (TPSA) is 37.3 Å². The van der Waals surface area contributed by atoms with Gasteiger partial charge in [-0.15, -0.1) is 0 Å². The Bertz CT molecular complexity index is 109. The number of carboxylic acid groups (broad SMARTS) is 1. The summed E-state index contributed by atoms with van der Waals surface area (Å²) in [7, 11) is 0. The van der Waals surface area contributed by atoms with Crippen molar-refractivity contribution in [1.82, 2.24) is 0 Å². The molecule has 62 valence electrons. The van der Waals surface area contributed by atoms with Gasteiger partial charge in [-0.3, -0.25) is 4.79 Å². The predicted octanol–water partition coefficient (Wildman–Crippen LogP) is 1.77. The Hall–Kier alpha value is 0.950. The average molecular weight is 233 g/mol. The van der Waals surface area contributed by atoms with Gasteiger partial charge in [0, 0.05) is 0 Å². The van der Waals surface area contributed by atoms with Crippen LogP contribution in [0.2, 0.25) is 0 Å². The fourth-order valence-electron chi connectivity index (χ4n) is 0.697. The van der Waals surface area contributed by atoms with Crippen LogP contribution in [0.3, 0.4) is 0 Å². The molecule has 0 aliphatic rings. The molecule has 4 heteroatoms. The van der Waals surface area contributed by atoms with E-state index in [1.807, 2.05) is 0 Å². The van der Waals surface area contributed by atoms with Gasteiger partial charge in [0.25, 0.3) is 0 Å². The predicted molar refractivity (Wildman–Crippen MR) is 51.6 cm³/mol. The van der Waals surface area contributed by atoms with Gasteiger partial charge in [-0.2, -0.15) is 0 Å². The summed E-state index contributed by atoms with van der Waals surface area (Å²) in [5, 5.41) is 8.43. The van der Waals surface area contributed by atoms with Gasteiger partial charge in [0.1, 0.15) is 4.83 Å². The zero-order valence-corrected chi connectivity index (χ0v) is 7.73. The van der Waals surface area contributed by atoms with E-state index in [2.05, 4.69) is 22.9 Å². The van der Waals surface area contributed by atoms with Crippen LogP contribution in [0, 0.1) is 0 Å². The van der Waals surface area contributed by atoms with Crippen molar-refractivity contribution in [2.75, 3.05) is 0 Å². The Kier molecular flexibility index (Phi) is 11.9. The molecule has 0 aromatic carbocycles. The number of alkyl halides is 1. The SMILES string of the molecule is CCCCCC(Br)C(=O)O.[NaH]. The van der Waals surface area contributed by atoms with Crippen molar-refractivity contribution >= 4 is 51.5 Å². The number of carboxylic acids is 1. The van der Waals surface area contributed by atoms with E-state index >= 15 is 0 Å². The molecule has 0 bridgehead atoms. The summed E-state index contributed by atoms with van der Waals surface area (Å²) in [4.78, 5) is 9.90. The van der Waals surface area contributed by atoms with Gasteiger partial charge in [0.15, 0.2) is 0 Å². The monoisotopic (exact) mass is 232 g/mol. The maximum atomic E-state index is 10.2. The Morgan fingerprint density at radius 2 is 2.09 bits per heavy atom. The maximum absolute atomic E-state index is 10.2. The molecule has 0 fully saturated rings. The molecule has 1 atom stereocenters. The summed E-state index contributed by atoms with van der Waals surface area (Å²) in [6.07, 6.45) is 4.00. The number of rotatable bonds is 5. The van der Waals surface area contributed by atoms with Crippen LogP contribution in [0.15, 0.2) is 0 Å². The summed E-state index contributed by atoms with van der Waals surface area (Å²) in [5.74, 6) is -0.754.